The molecular weight excluding hydrogens is 396 g/mol. The number of unbranched alkanes of at least 4 members (excludes halogenated alkanes) is 1. The molecule has 2 heterocycles. The molecule has 0 saturated carbocycles. The summed E-state index contributed by atoms with van der Waals surface area (Å²) < 4.78 is 0. The zero-order valence-electron chi connectivity index (χ0n) is 18.5. The predicted octanol–water partition coefficient (Wildman–Crippen LogP) is 4.64. The molecule has 2 aromatic heterocycles. The second-order valence-corrected chi connectivity index (χ2v) is 7.27. The fourth-order valence-corrected chi connectivity index (χ4v) is 2.99. The second-order valence-electron chi connectivity index (χ2n) is 7.27. The van der Waals surface area contributed by atoms with Crippen LogP contribution in [-0.2, 0) is 13.1 Å². The first-order valence-electron chi connectivity index (χ1n) is 10.9. The van der Waals surface area contributed by atoms with Crippen LogP contribution in [0.5, 0.6) is 0 Å². The van der Waals surface area contributed by atoms with E-state index < -0.39 is 0 Å². The lowest BCUT2D eigenvalue weighted by Gasteiger charge is -2.05. The van der Waals surface area contributed by atoms with Crippen molar-refractivity contribution in [3.05, 3.63) is 96.6 Å². The molecule has 6 nitrogen and oxygen atoms in total. The van der Waals surface area contributed by atoms with E-state index in [-0.39, 0.29) is 0 Å². The summed E-state index contributed by atoms with van der Waals surface area (Å²) in [6.07, 6.45) is 9.47. The number of hydrogen-bond acceptors (Lipinski definition) is 6. The summed E-state index contributed by atoms with van der Waals surface area (Å²) in [7, 11) is 0. The Kier molecular flexibility index (Phi) is 9.45. The Hall–Kier alpha value is -3.48. The first-order valence-corrected chi connectivity index (χ1v) is 10.9. The molecule has 0 aliphatic carbocycles. The Balaban J connectivity index is 0.000000186. The summed E-state index contributed by atoms with van der Waals surface area (Å²) in [6.45, 7) is 4.78. The minimum Gasteiger partial charge on any atom is -0.326 e. The van der Waals surface area contributed by atoms with Crippen molar-refractivity contribution in [2.24, 2.45) is 5.73 Å². The van der Waals surface area contributed by atoms with Gasteiger partial charge in [-0.1, -0.05) is 61.9 Å². The van der Waals surface area contributed by atoms with Gasteiger partial charge < -0.3 is 11.1 Å². The minimum atomic E-state index is 0.565. The van der Waals surface area contributed by atoms with E-state index in [9.17, 15) is 0 Å². The largest absolute Gasteiger partial charge is 0.326 e. The summed E-state index contributed by atoms with van der Waals surface area (Å²) >= 11 is 0. The van der Waals surface area contributed by atoms with Crippen LogP contribution < -0.4 is 11.1 Å². The molecule has 164 valence electrons. The molecule has 0 radical (unpaired) electrons. The maximum atomic E-state index is 5.51. The summed E-state index contributed by atoms with van der Waals surface area (Å²) in [5.74, 6) is 1.53. The number of nitrogens with zero attached hydrogens (tertiary/aromatic N) is 4. The highest BCUT2D eigenvalue weighted by atomic mass is 14.9. The van der Waals surface area contributed by atoms with Crippen molar-refractivity contribution < 1.29 is 0 Å². The van der Waals surface area contributed by atoms with Gasteiger partial charge in [-0.3, -0.25) is 0 Å². The highest BCUT2D eigenvalue weighted by Crippen LogP contribution is 2.15. The molecule has 32 heavy (non-hydrogen) atoms. The van der Waals surface area contributed by atoms with Crippen molar-refractivity contribution in [3.8, 4) is 22.8 Å². The molecule has 0 spiro atoms. The molecule has 4 aromatic rings. The fraction of sp³-hybridized carbons (Fsp3) is 0.231. The van der Waals surface area contributed by atoms with Crippen LogP contribution in [0.4, 0.5) is 0 Å². The van der Waals surface area contributed by atoms with Gasteiger partial charge in [0.1, 0.15) is 0 Å². The van der Waals surface area contributed by atoms with Gasteiger partial charge in [0.25, 0.3) is 0 Å². The summed E-state index contributed by atoms with van der Waals surface area (Å²) in [6, 6.07) is 20.0. The maximum absolute atomic E-state index is 5.51. The molecule has 0 fully saturated rings. The van der Waals surface area contributed by atoms with Gasteiger partial charge in [0.05, 0.1) is 0 Å². The Bertz CT molecular complexity index is 1020. The monoisotopic (exact) mass is 426 g/mol. The van der Waals surface area contributed by atoms with Crippen LogP contribution >= 0.6 is 0 Å². The molecule has 0 amide bonds. The van der Waals surface area contributed by atoms with E-state index in [1.807, 2.05) is 30.3 Å². The molecule has 0 aliphatic heterocycles. The van der Waals surface area contributed by atoms with E-state index in [1.54, 1.807) is 30.9 Å². The van der Waals surface area contributed by atoms with Crippen LogP contribution in [0, 0.1) is 0 Å². The standard InChI is InChI=1S/C15H19N3.C11H11N3/c1-2-3-9-16-12-13-5-7-14(8-6-13)15-17-10-4-11-18-15;12-8-9-2-4-10(5-3-9)11-13-6-1-7-14-11/h4-8,10-11,16H,2-3,9,12H2,1H3;1-7H,8,12H2. The second kappa shape index (κ2) is 13.0. The topological polar surface area (TPSA) is 89.6 Å². The van der Waals surface area contributed by atoms with E-state index in [0.717, 1.165) is 41.4 Å². The van der Waals surface area contributed by atoms with Gasteiger partial charge in [0, 0.05) is 49.0 Å². The van der Waals surface area contributed by atoms with Crippen molar-refractivity contribution >= 4 is 0 Å². The number of nitrogens with two attached hydrogens (primary N) is 1. The Morgan fingerprint density at radius 2 is 1.16 bits per heavy atom. The van der Waals surface area contributed by atoms with Gasteiger partial charge in [0.15, 0.2) is 11.6 Å². The third-order valence-corrected chi connectivity index (χ3v) is 4.83. The maximum Gasteiger partial charge on any atom is 0.159 e. The number of rotatable bonds is 8. The number of hydrogen-bond donors (Lipinski definition) is 2. The summed E-state index contributed by atoms with van der Waals surface area (Å²) in [4.78, 5) is 16.8. The molecule has 0 unspecified atom stereocenters. The van der Waals surface area contributed by atoms with Crippen LogP contribution in [0.1, 0.15) is 30.9 Å². The van der Waals surface area contributed by atoms with E-state index in [2.05, 4.69) is 56.4 Å². The zero-order chi connectivity index (χ0) is 22.4. The van der Waals surface area contributed by atoms with Gasteiger partial charge >= 0.3 is 0 Å². The first kappa shape index (κ1) is 23.2. The van der Waals surface area contributed by atoms with Crippen molar-refractivity contribution in [2.45, 2.75) is 32.9 Å². The number of nitrogens with one attached hydrogen (secondary N) is 1. The SMILES string of the molecule is CCCCNCc1ccc(-c2ncccn2)cc1.NCc1ccc(-c2ncccn2)cc1. The third-order valence-electron chi connectivity index (χ3n) is 4.83. The smallest absolute Gasteiger partial charge is 0.159 e. The lowest BCUT2D eigenvalue weighted by Crippen LogP contribution is -2.14. The molecular formula is C26H30N6. The number of benzene rings is 2. The molecule has 2 aromatic carbocycles. The minimum absolute atomic E-state index is 0.565. The molecule has 0 aliphatic rings. The Morgan fingerprint density at radius 1 is 0.688 bits per heavy atom. The lowest BCUT2D eigenvalue weighted by molar-refractivity contribution is 0.641. The average Bonchev–Trinajstić information content (AvgIpc) is 2.88. The molecule has 6 heteroatoms. The van der Waals surface area contributed by atoms with Gasteiger partial charge in [-0.15, -0.1) is 0 Å². The van der Waals surface area contributed by atoms with Crippen LogP contribution in [0.2, 0.25) is 0 Å². The molecule has 4 rings (SSSR count). The van der Waals surface area contributed by atoms with Crippen LogP contribution in [0.25, 0.3) is 22.8 Å². The van der Waals surface area contributed by atoms with E-state index in [0.29, 0.717) is 6.54 Å². The first-order chi connectivity index (χ1) is 15.8. The van der Waals surface area contributed by atoms with E-state index >= 15 is 0 Å². The van der Waals surface area contributed by atoms with Crippen LogP contribution in [0.3, 0.4) is 0 Å². The lowest BCUT2D eigenvalue weighted by atomic mass is 10.1. The van der Waals surface area contributed by atoms with E-state index in [4.69, 9.17) is 5.73 Å². The molecule has 0 bridgehead atoms. The van der Waals surface area contributed by atoms with Gasteiger partial charge in [-0.25, -0.2) is 19.9 Å². The zero-order valence-corrected chi connectivity index (χ0v) is 18.5. The molecule has 0 atom stereocenters. The van der Waals surface area contributed by atoms with Crippen LogP contribution in [-0.4, -0.2) is 26.5 Å². The summed E-state index contributed by atoms with van der Waals surface area (Å²) in [5.41, 5.74) is 10.00. The van der Waals surface area contributed by atoms with Gasteiger partial charge in [-0.05, 0) is 36.2 Å². The molecule has 3 N–H and O–H groups in total. The van der Waals surface area contributed by atoms with Crippen molar-refractivity contribution in [1.82, 2.24) is 25.3 Å². The van der Waals surface area contributed by atoms with Gasteiger partial charge in [0.2, 0.25) is 0 Å². The normalized spacial score (nSPS) is 10.3. The van der Waals surface area contributed by atoms with Crippen molar-refractivity contribution in [1.29, 1.82) is 0 Å². The fourth-order valence-electron chi connectivity index (χ4n) is 2.99. The van der Waals surface area contributed by atoms with Crippen molar-refractivity contribution in [3.63, 3.8) is 0 Å². The van der Waals surface area contributed by atoms with Crippen molar-refractivity contribution in [2.75, 3.05) is 6.54 Å². The van der Waals surface area contributed by atoms with Crippen LogP contribution in [0.15, 0.2) is 85.5 Å². The Morgan fingerprint density at radius 3 is 1.59 bits per heavy atom. The van der Waals surface area contributed by atoms with Gasteiger partial charge in [-0.2, -0.15) is 0 Å². The predicted molar refractivity (Wildman–Crippen MR) is 129 cm³/mol. The average molecular weight is 427 g/mol. The van der Waals surface area contributed by atoms with E-state index in [1.165, 1.54) is 18.4 Å². The third kappa shape index (κ3) is 7.34. The summed E-state index contributed by atoms with van der Waals surface area (Å²) in [5, 5.41) is 3.43. The molecule has 0 saturated heterocycles. The number of aromatic nitrogens is 4. The highest BCUT2D eigenvalue weighted by molar-refractivity contribution is 5.55. The quantitative estimate of drug-likeness (QED) is 0.399. The Labute approximate surface area is 190 Å². The highest BCUT2D eigenvalue weighted by Gasteiger charge is 2.00.